The van der Waals surface area contributed by atoms with Gasteiger partial charge in [-0.15, -0.1) is 0 Å². The molecule has 1 aliphatic rings. The molecule has 4 aromatic rings. The third-order valence-corrected chi connectivity index (χ3v) is 6.30. The summed E-state index contributed by atoms with van der Waals surface area (Å²) in [6.07, 6.45) is 4.76. The fourth-order valence-electron chi connectivity index (χ4n) is 4.17. The Bertz CT molecular complexity index is 1350. The number of ether oxygens (including phenoxy) is 2. The zero-order valence-corrected chi connectivity index (χ0v) is 19.4. The lowest BCUT2D eigenvalue weighted by molar-refractivity contribution is -0.0223. The number of anilines is 1. The van der Waals surface area contributed by atoms with Crippen LogP contribution < -0.4 is 10.1 Å². The molecule has 2 atom stereocenters. The van der Waals surface area contributed by atoms with E-state index in [0.717, 1.165) is 18.5 Å². The van der Waals surface area contributed by atoms with Gasteiger partial charge >= 0.3 is 0 Å². The number of aliphatic hydroxyl groups excluding tert-OH is 1. The summed E-state index contributed by atoms with van der Waals surface area (Å²) in [6.45, 7) is 0.473. The van der Waals surface area contributed by atoms with Gasteiger partial charge in [-0.25, -0.2) is 9.37 Å². The van der Waals surface area contributed by atoms with Gasteiger partial charge in [-0.05, 0) is 55.3 Å². The number of aliphatic hydroxyl groups is 1. The van der Waals surface area contributed by atoms with Crippen molar-refractivity contribution in [3.63, 3.8) is 0 Å². The predicted molar refractivity (Wildman–Crippen MR) is 131 cm³/mol. The van der Waals surface area contributed by atoms with Crippen LogP contribution in [0.4, 0.5) is 10.1 Å². The van der Waals surface area contributed by atoms with E-state index in [1.165, 1.54) is 24.3 Å². The van der Waals surface area contributed by atoms with Crippen LogP contribution in [0.2, 0.25) is 5.02 Å². The summed E-state index contributed by atoms with van der Waals surface area (Å²) in [4.78, 5) is 20.9. The number of halogens is 2. The molecule has 180 valence electrons. The predicted octanol–water partition coefficient (Wildman–Crippen LogP) is 5.33. The van der Waals surface area contributed by atoms with E-state index in [0.29, 0.717) is 40.3 Å². The molecule has 0 spiro atoms. The molecule has 0 saturated carbocycles. The van der Waals surface area contributed by atoms with E-state index in [1.54, 1.807) is 30.6 Å². The summed E-state index contributed by atoms with van der Waals surface area (Å²) < 4.78 is 24.5. The van der Waals surface area contributed by atoms with Crippen molar-refractivity contribution in [3.05, 3.63) is 82.9 Å². The molecule has 1 aliphatic heterocycles. The topological polar surface area (TPSA) is 96.5 Å². The molecular formula is C26H23ClFN3O4. The number of fused-ring (bicyclic) bond motifs is 1. The van der Waals surface area contributed by atoms with E-state index in [-0.39, 0.29) is 35.4 Å². The number of benzene rings is 2. The van der Waals surface area contributed by atoms with Crippen molar-refractivity contribution < 1.29 is 23.8 Å². The number of carbonyl (C=O) groups is 1. The monoisotopic (exact) mass is 495 g/mol. The van der Waals surface area contributed by atoms with Crippen molar-refractivity contribution in [3.8, 4) is 11.5 Å². The van der Waals surface area contributed by atoms with Crippen molar-refractivity contribution in [1.82, 2.24) is 9.97 Å². The molecule has 5 rings (SSSR count). The third kappa shape index (κ3) is 5.00. The Morgan fingerprint density at radius 3 is 2.69 bits per heavy atom. The fourth-order valence-corrected chi connectivity index (χ4v) is 4.42. The standard InChI is InChI=1S/C26H23ClFN3O4/c27-22-11-18(35-17-4-1-15(28)2-5-17)7-8-20(22)25(33)21-12-30-26-24(21)23(9-10-29-26)31-16-3-6-19(13-32)34-14-16/h1-2,4-5,7-12,16,19,32H,3,6,13-14H2,(H2,29,30,31)/t16-,19+/m1/s1. The minimum Gasteiger partial charge on any atom is -0.457 e. The maximum Gasteiger partial charge on any atom is 0.196 e. The van der Waals surface area contributed by atoms with Crippen LogP contribution in [0.1, 0.15) is 28.8 Å². The number of nitrogens with one attached hydrogen (secondary N) is 2. The molecule has 2 aromatic carbocycles. The Morgan fingerprint density at radius 2 is 1.97 bits per heavy atom. The molecule has 0 bridgehead atoms. The number of rotatable bonds is 7. The SMILES string of the molecule is O=C(c1ccc(Oc2ccc(F)cc2)cc1Cl)c1c[nH]c2nccc(N[C@@H]3CC[C@@H](CO)OC3)c12. The van der Waals surface area contributed by atoms with Crippen LogP contribution in [0.25, 0.3) is 11.0 Å². The normalized spacial score (nSPS) is 17.9. The molecule has 3 heterocycles. The summed E-state index contributed by atoms with van der Waals surface area (Å²) in [7, 11) is 0. The first-order valence-corrected chi connectivity index (χ1v) is 11.6. The number of nitrogens with zero attached hydrogens (tertiary/aromatic N) is 1. The molecule has 9 heteroatoms. The number of H-pyrrole nitrogens is 1. The van der Waals surface area contributed by atoms with Gasteiger partial charge in [0, 0.05) is 35.8 Å². The van der Waals surface area contributed by atoms with Gasteiger partial charge < -0.3 is 24.9 Å². The van der Waals surface area contributed by atoms with Gasteiger partial charge in [-0.1, -0.05) is 11.6 Å². The Morgan fingerprint density at radius 1 is 1.17 bits per heavy atom. The molecule has 0 unspecified atom stereocenters. The molecule has 0 amide bonds. The van der Waals surface area contributed by atoms with E-state index in [4.69, 9.17) is 21.1 Å². The number of hydrogen-bond acceptors (Lipinski definition) is 6. The smallest absolute Gasteiger partial charge is 0.196 e. The molecule has 0 aliphatic carbocycles. The Labute approximate surface area is 205 Å². The second kappa shape index (κ2) is 10.0. The average molecular weight is 496 g/mol. The maximum absolute atomic E-state index is 13.5. The first-order chi connectivity index (χ1) is 17.0. The van der Waals surface area contributed by atoms with Crippen LogP contribution in [0, 0.1) is 5.82 Å². The fraction of sp³-hybridized carbons (Fsp3) is 0.231. The highest BCUT2D eigenvalue weighted by molar-refractivity contribution is 6.35. The highest BCUT2D eigenvalue weighted by Crippen LogP contribution is 2.32. The van der Waals surface area contributed by atoms with Gasteiger partial charge in [-0.2, -0.15) is 0 Å². The van der Waals surface area contributed by atoms with Crippen molar-refractivity contribution in [1.29, 1.82) is 0 Å². The van der Waals surface area contributed by atoms with Crippen LogP contribution in [0.3, 0.4) is 0 Å². The summed E-state index contributed by atoms with van der Waals surface area (Å²) in [5, 5.41) is 13.6. The molecular weight excluding hydrogens is 473 g/mol. The molecule has 35 heavy (non-hydrogen) atoms. The van der Waals surface area contributed by atoms with Gasteiger partial charge in [0.1, 0.15) is 23.0 Å². The summed E-state index contributed by atoms with van der Waals surface area (Å²) >= 11 is 6.47. The number of pyridine rings is 1. The van der Waals surface area contributed by atoms with Crippen molar-refractivity contribution in [2.45, 2.75) is 25.0 Å². The number of hydrogen-bond donors (Lipinski definition) is 3. The zero-order chi connectivity index (χ0) is 24.4. The van der Waals surface area contributed by atoms with Crippen LogP contribution in [-0.2, 0) is 4.74 Å². The largest absolute Gasteiger partial charge is 0.457 e. The summed E-state index contributed by atoms with van der Waals surface area (Å²) in [5.41, 5.74) is 2.11. The Kier molecular flexibility index (Phi) is 6.68. The first-order valence-electron chi connectivity index (χ1n) is 11.2. The van der Waals surface area contributed by atoms with Crippen LogP contribution in [0.5, 0.6) is 11.5 Å². The molecule has 1 fully saturated rings. The molecule has 7 nitrogen and oxygen atoms in total. The van der Waals surface area contributed by atoms with Gasteiger partial charge in [0.05, 0.1) is 35.3 Å². The van der Waals surface area contributed by atoms with Crippen molar-refractivity contribution in [2.75, 3.05) is 18.5 Å². The van der Waals surface area contributed by atoms with Gasteiger partial charge in [0.15, 0.2) is 5.78 Å². The van der Waals surface area contributed by atoms with E-state index >= 15 is 0 Å². The Hall–Kier alpha value is -3.46. The number of carbonyl (C=O) groups excluding carboxylic acids is 1. The highest BCUT2D eigenvalue weighted by Gasteiger charge is 2.24. The third-order valence-electron chi connectivity index (χ3n) is 5.99. The maximum atomic E-state index is 13.5. The lowest BCUT2D eigenvalue weighted by atomic mass is 10.0. The van der Waals surface area contributed by atoms with E-state index in [1.807, 2.05) is 6.07 Å². The Balaban J connectivity index is 1.39. The first kappa shape index (κ1) is 23.3. The average Bonchev–Trinajstić information content (AvgIpc) is 3.31. The van der Waals surface area contributed by atoms with Crippen molar-refractivity contribution in [2.24, 2.45) is 0 Å². The van der Waals surface area contributed by atoms with Gasteiger partial charge in [0.25, 0.3) is 0 Å². The summed E-state index contributed by atoms with van der Waals surface area (Å²) in [6, 6.07) is 12.3. The molecule has 1 saturated heterocycles. The van der Waals surface area contributed by atoms with Crippen molar-refractivity contribution >= 4 is 34.1 Å². The summed E-state index contributed by atoms with van der Waals surface area (Å²) in [5.74, 6) is 0.270. The highest BCUT2D eigenvalue weighted by atomic mass is 35.5. The molecule has 3 N–H and O–H groups in total. The van der Waals surface area contributed by atoms with Gasteiger partial charge in [0.2, 0.25) is 0 Å². The number of ketones is 1. The van der Waals surface area contributed by atoms with E-state index in [9.17, 15) is 14.3 Å². The molecule has 2 aromatic heterocycles. The zero-order valence-electron chi connectivity index (χ0n) is 18.6. The van der Waals surface area contributed by atoms with E-state index in [2.05, 4.69) is 15.3 Å². The minimum atomic E-state index is -0.358. The van der Waals surface area contributed by atoms with E-state index < -0.39 is 0 Å². The quantitative estimate of drug-likeness (QED) is 0.300. The second-order valence-corrected chi connectivity index (χ2v) is 8.77. The van der Waals surface area contributed by atoms with Crippen LogP contribution >= 0.6 is 11.6 Å². The number of aromatic amines is 1. The minimum absolute atomic E-state index is 0.0111. The number of aromatic nitrogens is 2. The van der Waals surface area contributed by atoms with Gasteiger partial charge in [-0.3, -0.25) is 4.79 Å². The van der Waals surface area contributed by atoms with Crippen LogP contribution in [-0.4, -0.2) is 46.2 Å². The lowest BCUT2D eigenvalue weighted by Gasteiger charge is -2.29. The lowest BCUT2D eigenvalue weighted by Crippen LogP contribution is -2.36. The molecule has 0 radical (unpaired) electrons. The van der Waals surface area contributed by atoms with Crippen LogP contribution in [0.15, 0.2) is 60.9 Å². The second-order valence-electron chi connectivity index (χ2n) is 8.37.